The Morgan fingerprint density at radius 1 is 1.33 bits per heavy atom. The van der Waals surface area contributed by atoms with Crippen molar-refractivity contribution < 1.29 is 18.1 Å². The maximum atomic E-state index is 12.7. The molecule has 0 aliphatic carbocycles. The summed E-state index contributed by atoms with van der Waals surface area (Å²) in [5.74, 6) is 2.20. The maximum absolute atomic E-state index is 12.7. The van der Waals surface area contributed by atoms with E-state index in [-0.39, 0.29) is 33.9 Å². The fourth-order valence-corrected chi connectivity index (χ4v) is 4.66. The minimum absolute atomic E-state index is 0.00637. The fraction of sp³-hybridized carbons (Fsp3) is 0.400. The molecular formula is C15H18Cl2N3O3S+. The van der Waals surface area contributed by atoms with Crippen LogP contribution < -0.4 is 10.2 Å². The van der Waals surface area contributed by atoms with Gasteiger partial charge in [0.2, 0.25) is 10.0 Å². The van der Waals surface area contributed by atoms with Gasteiger partial charge in [-0.3, -0.25) is 4.79 Å². The Morgan fingerprint density at radius 3 is 2.62 bits per heavy atom. The molecule has 1 aromatic rings. The third kappa shape index (κ3) is 4.41. The Balaban J connectivity index is 2.00. The van der Waals surface area contributed by atoms with Gasteiger partial charge in [-0.2, -0.15) is 4.31 Å². The van der Waals surface area contributed by atoms with E-state index in [4.69, 9.17) is 29.6 Å². The molecule has 0 radical (unpaired) electrons. The second-order valence-electron chi connectivity index (χ2n) is 5.36. The Kier molecular flexibility index (Phi) is 6.49. The van der Waals surface area contributed by atoms with Crippen LogP contribution in [-0.4, -0.2) is 57.9 Å². The molecule has 0 aromatic heterocycles. The Labute approximate surface area is 151 Å². The van der Waals surface area contributed by atoms with Crippen LogP contribution >= 0.6 is 23.2 Å². The summed E-state index contributed by atoms with van der Waals surface area (Å²) in [5.41, 5.74) is 0. The number of carbonyl (C=O) groups excluding carboxylic acids is 1. The molecule has 0 spiro atoms. The highest BCUT2D eigenvalue weighted by molar-refractivity contribution is 7.89. The van der Waals surface area contributed by atoms with Crippen LogP contribution in [0.15, 0.2) is 23.1 Å². The standard InChI is InChI=1S/C15H17Cl2N3O3S/c1-2-6-18-14(21)11-19-7-9-20(10-8-19)24(22,23)13-5-3-4-12(16)15(13)17/h1,3-5H,6-11H2,(H,18,21)/p+1. The zero-order valence-electron chi connectivity index (χ0n) is 12.9. The van der Waals surface area contributed by atoms with Gasteiger partial charge in [-0.15, -0.1) is 6.42 Å². The number of benzene rings is 1. The molecule has 0 unspecified atom stereocenters. The number of halogens is 2. The predicted molar refractivity (Wildman–Crippen MR) is 92.6 cm³/mol. The molecule has 9 heteroatoms. The van der Waals surface area contributed by atoms with E-state index in [0.29, 0.717) is 26.2 Å². The van der Waals surface area contributed by atoms with E-state index in [1.807, 2.05) is 0 Å². The second-order valence-corrected chi connectivity index (χ2v) is 8.06. The van der Waals surface area contributed by atoms with Crippen LogP contribution in [0.1, 0.15) is 0 Å². The topological polar surface area (TPSA) is 70.9 Å². The smallest absolute Gasteiger partial charge is 0.275 e. The van der Waals surface area contributed by atoms with Crippen LogP contribution in [0.25, 0.3) is 0 Å². The van der Waals surface area contributed by atoms with Crippen molar-refractivity contribution in [3.8, 4) is 12.3 Å². The van der Waals surface area contributed by atoms with Gasteiger partial charge in [-0.1, -0.05) is 35.2 Å². The van der Waals surface area contributed by atoms with E-state index in [1.54, 1.807) is 12.1 Å². The molecule has 0 saturated carbocycles. The van der Waals surface area contributed by atoms with Crippen molar-refractivity contribution in [3.63, 3.8) is 0 Å². The van der Waals surface area contributed by atoms with Gasteiger partial charge in [0.25, 0.3) is 5.91 Å². The second kappa shape index (κ2) is 8.19. The average molecular weight is 391 g/mol. The van der Waals surface area contributed by atoms with Crippen LogP contribution in [0.2, 0.25) is 10.0 Å². The molecule has 1 aliphatic rings. The molecule has 1 saturated heterocycles. The molecule has 1 fully saturated rings. The maximum Gasteiger partial charge on any atom is 0.275 e. The van der Waals surface area contributed by atoms with Gasteiger partial charge in [0.05, 0.1) is 42.8 Å². The number of quaternary nitrogens is 1. The van der Waals surface area contributed by atoms with E-state index < -0.39 is 10.0 Å². The highest BCUT2D eigenvalue weighted by Gasteiger charge is 2.32. The third-order valence-electron chi connectivity index (χ3n) is 3.76. The Hall–Kier alpha value is -1.30. The van der Waals surface area contributed by atoms with Crippen molar-refractivity contribution >= 4 is 39.1 Å². The minimum Gasteiger partial charge on any atom is -0.340 e. The summed E-state index contributed by atoms with van der Waals surface area (Å²) in [6, 6.07) is 4.54. The SMILES string of the molecule is C#CCNC(=O)C[NH+]1CCN(S(=O)(=O)c2cccc(Cl)c2Cl)CC1. The number of sulfonamides is 1. The summed E-state index contributed by atoms with van der Waals surface area (Å²) >= 11 is 11.9. The molecular weight excluding hydrogens is 373 g/mol. The molecule has 130 valence electrons. The largest absolute Gasteiger partial charge is 0.340 e. The van der Waals surface area contributed by atoms with E-state index in [2.05, 4.69) is 11.2 Å². The lowest BCUT2D eigenvalue weighted by molar-refractivity contribution is -0.895. The molecule has 0 atom stereocenters. The van der Waals surface area contributed by atoms with Crippen molar-refractivity contribution in [1.29, 1.82) is 0 Å². The van der Waals surface area contributed by atoms with Gasteiger partial charge in [0.15, 0.2) is 6.54 Å². The number of hydrogen-bond donors (Lipinski definition) is 2. The Bertz CT molecular complexity index is 754. The molecule has 1 heterocycles. The monoisotopic (exact) mass is 390 g/mol. The van der Waals surface area contributed by atoms with Gasteiger partial charge in [0.1, 0.15) is 4.90 Å². The van der Waals surface area contributed by atoms with E-state index in [9.17, 15) is 13.2 Å². The van der Waals surface area contributed by atoms with E-state index in [1.165, 1.54) is 10.4 Å². The normalized spacial score (nSPS) is 16.5. The first-order valence-electron chi connectivity index (χ1n) is 7.34. The average Bonchev–Trinajstić information content (AvgIpc) is 2.56. The lowest BCUT2D eigenvalue weighted by Crippen LogP contribution is -3.15. The summed E-state index contributed by atoms with van der Waals surface area (Å²) < 4.78 is 26.8. The lowest BCUT2D eigenvalue weighted by atomic mass is 10.3. The van der Waals surface area contributed by atoms with Crippen LogP contribution in [0.5, 0.6) is 0 Å². The molecule has 24 heavy (non-hydrogen) atoms. The minimum atomic E-state index is -3.70. The number of nitrogens with zero attached hydrogens (tertiary/aromatic N) is 1. The first-order chi connectivity index (χ1) is 11.4. The number of rotatable bonds is 5. The highest BCUT2D eigenvalue weighted by atomic mass is 35.5. The zero-order valence-corrected chi connectivity index (χ0v) is 15.2. The summed E-state index contributed by atoms with van der Waals surface area (Å²) in [5, 5.41) is 2.83. The number of amides is 1. The number of hydrogen-bond acceptors (Lipinski definition) is 3. The van der Waals surface area contributed by atoms with Crippen LogP contribution in [0.3, 0.4) is 0 Å². The van der Waals surface area contributed by atoms with Gasteiger partial charge in [0, 0.05) is 0 Å². The van der Waals surface area contributed by atoms with Gasteiger partial charge >= 0.3 is 0 Å². The number of carbonyl (C=O) groups is 1. The molecule has 2 N–H and O–H groups in total. The molecule has 1 aliphatic heterocycles. The van der Waals surface area contributed by atoms with Gasteiger partial charge in [-0.05, 0) is 12.1 Å². The Morgan fingerprint density at radius 2 is 2.00 bits per heavy atom. The first kappa shape index (κ1) is 19.0. The summed E-state index contributed by atoms with van der Waals surface area (Å²) in [6.07, 6.45) is 5.09. The number of terminal acetylenes is 1. The van der Waals surface area contributed by atoms with Crippen molar-refractivity contribution in [2.24, 2.45) is 0 Å². The number of nitrogens with one attached hydrogen (secondary N) is 2. The highest BCUT2D eigenvalue weighted by Crippen LogP contribution is 2.30. The summed E-state index contributed by atoms with van der Waals surface area (Å²) in [6.45, 7) is 2.14. The van der Waals surface area contributed by atoms with Crippen LogP contribution in [0, 0.1) is 12.3 Å². The number of piperazine rings is 1. The van der Waals surface area contributed by atoms with Gasteiger partial charge in [-0.25, -0.2) is 8.42 Å². The quantitative estimate of drug-likeness (QED) is 0.674. The fourth-order valence-electron chi connectivity index (χ4n) is 2.48. The van der Waals surface area contributed by atoms with E-state index in [0.717, 1.165) is 4.90 Å². The van der Waals surface area contributed by atoms with E-state index >= 15 is 0 Å². The van der Waals surface area contributed by atoms with Crippen molar-refractivity contribution in [2.75, 3.05) is 39.3 Å². The summed E-state index contributed by atoms with van der Waals surface area (Å²) in [4.78, 5) is 12.7. The lowest BCUT2D eigenvalue weighted by Gasteiger charge is -2.31. The van der Waals surface area contributed by atoms with Crippen molar-refractivity contribution in [1.82, 2.24) is 9.62 Å². The summed E-state index contributed by atoms with van der Waals surface area (Å²) in [7, 11) is -3.70. The van der Waals surface area contributed by atoms with Crippen LogP contribution in [-0.2, 0) is 14.8 Å². The molecule has 0 bridgehead atoms. The third-order valence-corrected chi connectivity index (χ3v) is 6.63. The predicted octanol–water partition coefficient (Wildman–Crippen LogP) is -0.368. The molecule has 1 aromatic carbocycles. The molecule has 1 amide bonds. The van der Waals surface area contributed by atoms with Crippen LogP contribution in [0.4, 0.5) is 0 Å². The first-order valence-corrected chi connectivity index (χ1v) is 9.53. The van der Waals surface area contributed by atoms with Crippen molar-refractivity contribution in [3.05, 3.63) is 28.2 Å². The molecule has 2 rings (SSSR count). The zero-order chi connectivity index (χ0) is 17.7. The molecule has 6 nitrogen and oxygen atoms in total. The van der Waals surface area contributed by atoms with Crippen molar-refractivity contribution in [2.45, 2.75) is 4.90 Å². The van der Waals surface area contributed by atoms with Gasteiger partial charge < -0.3 is 10.2 Å².